The summed E-state index contributed by atoms with van der Waals surface area (Å²) in [6, 6.07) is 5.42. The molecule has 0 aliphatic heterocycles. The Balaban J connectivity index is 1.73. The van der Waals surface area contributed by atoms with E-state index in [2.05, 4.69) is 5.32 Å². The molecule has 1 N–H and O–H groups in total. The number of amides is 1. The van der Waals surface area contributed by atoms with Crippen LogP contribution in [0.5, 0.6) is 11.5 Å². The molecule has 0 aromatic heterocycles. The third kappa shape index (κ3) is 6.24. The van der Waals surface area contributed by atoms with E-state index >= 15 is 0 Å². The SMILES string of the molecule is COc1cc(C)ccc1OCC(=O)OC(C)C(=O)NCC1CCCCC1. The highest BCUT2D eigenvalue weighted by molar-refractivity contribution is 5.83. The minimum Gasteiger partial charge on any atom is -0.493 e. The number of hydrogen-bond donors (Lipinski definition) is 1. The smallest absolute Gasteiger partial charge is 0.344 e. The van der Waals surface area contributed by atoms with Gasteiger partial charge in [0.25, 0.3) is 5.91 Å². The van der Waals surface area contributed by atoms with Gasteiger partial charge in [-0.2, -0.15) is 0 Å². The van der Waals surface area contributed by atoms with Crippen molar-refractivity contribution < 1.29 is 23.8 Å². The van der Waals surface area contributed by atoms with E-state index in [1.165, 1.54) is 19.3 Å². The number of nitrogens with one attached hydrogen (secondary N) is 1. The molecule has 1 amide bonds. The van der Waals surface area contributed by atoms with Crippen molar-refractivity contribution in [3.63, 3.8) is 0 Å². The Morgan fingerprint density at radius 1 is 1.19 bits per heavy atom. The molecule has 1 saturated carbocycles. The Kier molecular flexibility index (Phi) is 7.75. The lowest BCUT2D eigenvalue weighted by Crippen LogP contribution is -2.39. The Hall–Kier alpha value is -2.24. The normalized spacial score (nSPS) is 15.8. The second kappa shape index (κ2) is 10.0. The average Bonchev–Trinajstić information content (AvgIpc) is 2.65. The first-order valence-corrected chi connectivity index (χ1v) is 9.24. The molecule has 0 saturated heterocycles. The Bertz CT molecular complexity index is 610. The molecular weight excluding hydrogens is 334 g/mol. The Labute approximate surface area is 155 Å². The van der Waals surface area contributed by atoms with Crippen molar-refractivity contribution in [1.82, 2.24) is 5.32 Å². The molecule has 0 spiro atoms. The molecule has 2 rings (SSSR count). The van der Waals surface area contributed by atoms with E-state index in [0.29, 0.717) is 24.0 Å². The molecule has 144 valence electrons. The fraction of sp³-hybridized carbons (Fsp3) is 0.600. The monoisotopic (exact) mass is 363 g/mol. The number of carbonyl (C=O) groups excluding carboxylic acids is 2. The first-order valence-electron chi connectivity index (χ1n) is 9.24. The molecule has 1 aliphatic rings. The zero-order valence-corrected chi connectivity index (χ0v) is 15.9. The van der Waals surface area contributed by atoms with Gasteiger partial charge in [0, 0.05) is 6.54 Å². The standard InChI is InChI=1S/C20H29NO5/c1-14-9-10-17(18(11-14)24-3)25-13-19(22)26-15(2)20(23)21-12-16-7-5-4-6-8-16/h9-11,15-16H,4-8,12-13H2,1-3H3,(H,21,23). The van der Waals surface area contributed by atoms with Crippen LogP contribution in [0, 0.1) is 12.8 Å². The average molecular weight is 363 g/mol. The van der Waals surface area contributed by atoms with E-state index in [0.717, 1.165) is 18.4 Å². The molecule has 0 radical (unpaired) electrons. The summed E-state index contributed by atoms with van der Waals surface area (Å²) in [5.74, 6) is 0.693. The molecule has 0 bridgehead atoms. The second-order valence-electron chi connectivity index (χ2n) is 6.82. The van der Waals surface area contributed by atoms with Crippen LogP contribution >= 0.6 is 0 Å². The van der Waals surface area contributed by atoms with Gasteiger partial charge < -0.3 is 19.5 Å². The van der Waals surface area contributed by atoms with Crippen molar-refractivity contribution >= 4 is 11.9 Å². The summed E-state index contributed by atoms with van der Waals surface area (Å²) in [4.78, 5) is 24.0. The van der Waals surface area contributed by atoms with Gasteiger partial charge in [0.05, 0.1) is 7.11 Å². The van der Waals surface area contributed by atoms with Crippen molar-refractivity contribution in [3.8, 4) is 11.5 Å². The van der Waals surface area contributed by atoms with Crippen LogP contribution in [0.25, 0.3) is 0 Å². The van der Waals surface area contributed by atoms with Gasteiger partial charge in [-0.05, 0) is 50.3 Å². The molecule has 1 atom stereocenters. The van der Waals surface area contributed by atoms with Crippen molar-refractivity contribution in [3.05, 3.63) is 23.8 Å². The summed E-state index contributed by atoms with van der Waals surface area (Å²) in [7, 11) is 1.54. The number of benzene rings is 1. The molecule has 1 aromatic rings. The summed E-state index contributed by atoms with van der Waals surface area (Å²) in [5, 5.41) is 2.88. The maximum atomic E-state index is 12.1. The quantitative estimate of drug-likeness (QED) is 0.719. The van der Waals surface area contributed by atoms with Crippen LogP contribution in [-0.2, 0) is 14.3 Å². The van der Waals surface area contributed by atoms with Crippen LogP contribution in [0.1, 0.15) is 44.6 Å². The lowest BCUT2D eigenvalue weighted by atomic mass is 9.89. The third-order valence-corrected chi connectivity index (χ3v) is 4.63. The summed E-state index contributed by atoms with van der Waals surface area (Å²) in [6.07, 6.45) is 5.20. The van der Waals surface area contributed by atoms with Crippen molar-refractivity contribution in [2.24, 2.45) is 5.92 Å². The maximum Gasteiger partial charge on any atom is 0.344 e. The largest absolute Gasteiger partial charge is 0.493 e. The zero-order chi connectivity index (χ0) is 18.9. The second-order valence-corrected chi connectivity index (χ2v) is 6.82. The van der Waals surface area contributed by atoms with Crippen molar-refractivity contribution in [2.75, 3.05) is 20.3 Å². The highest BCUT2D eigenvalue weighted by atomic mass is 16.6. The highest BCUT2D eigenvalue weighted by Crippen LogP contribution is 2.27. The number of ether oxygens (including phenoxy) is 3. The van der Waals surface area contributed by atoms with Gasteiger partial charge in [-0.1, -0.05) is 25.3 Å². The lowest BCUT2D eigenvalue weighted by molar-refractivity contribution is -0.156. The van der Waals surface area contributed by atoms with Gasteiger partial charge in [-0.3, -0.25) is 4.79 Å². The predicted molar refractivity (Wildman–Crippen MR) is 98.4 cm³/mol. The fourth-order valence-electron chi connectivity index (χ4n) is 3.10. The van der Waals surface area contributed by atoms with Gasteiger partial charge in [0.15, 0.2) is 24.2 Å². The number of aryl methyl sites for hydroxylation is 1. The van der Waals surface area contributed by atoms with Crippen LogP contribution in [0.3, 0.4) is 0 Å². The van der Waals surface area contributed by atoms with Crippen molar-refractivity contribution in [1.29, 1.82) is 0 Å². The minimum absolute atomic E-state index is 0.267. The molecule has 6 nitrogen and oxygen atoms in total. The highest BCUT2D eigenvalue weighted by Gasteiger charge is 2.20. The van der Waals surface area contributed by atoms with E-state index in [9.17, 15) is 9.59 Å². The number of esters is 1. The van der Waals surface area contributed by atoms with Crippen LogP contribution in [-0.4, -0.2) is 38.2 Å². The first kappa shape index (κ1) is 20.1. The van der Waals surface area contributed by atoms with E-state index in [1.807, 2.05) is 19.1 Å². The first-order chi connectivity index (χ1) is 12.5. The Morgan fingerprint density at radius 2 is 1.92 bits per heavy atom. The van der Waals surface area contributed by atoms with E-state index in [-0.39, 0.29) is 12.5 Å². The molecule has 1 fully saturated rings. The molecule has 1 unspecified atom stereocenters. The van der Waals surface area contributed by atoms with Crippen LogP contribution in [0.15, 0.2) is 18.2 Å². The van der Waals surface area contributed by atoms with Gasteiger partial charge in [-0.15, -0.1) is 0 Å². The third-order valence-electron chi connectivity index (χ3n) is 4.63. The minimum atomic E-state index is -0.838. The number of rotatable bonds is 8. The molecule has 1 aromatic carbocycles. The molecule has 0 heterocycles. The van der Waals surface area contributed by atoms with Gasteiger partial charge >= 0.3 is 5.97 Å². The van der Waals surface area contributed by atoms with Crippen LogP contribution in [0.4, 0.5) is 0 Å². The summed E-state index contributed by atoms with van der Waals surface area (Å²) >= 11 is 0. The van der Waals surface area contributed by atoms with E-state index in [1.54, 1.807) is 20.1 Å². The van der Waals surface area contributed by atoms with Gasteiger partial charge in [0.1, 0.15) is 0 Å². The van der Waals surface area contributed by atoms with Crippen LogP contribution < -0.4 is 14.8 Å². The molecule has 26 heavy (non-hydrogen) atoms. The summed E-state index contributed by atoms with van der Waals surface area (Å²) < 4.78 is 15.8. The van der Waals surface area contributed by atoms with Crippen molar-refractivity contribution in [2.45, 2.75) is 52.1 Å². The lowest BCUT2D eigenvalue weighted by Gasteiger charge is -2.22. The van der Waals surface area contributed by atoms with E-state index in [4.69, 9.17) is 14.2 Å². The number of hydrogen-bond acceptors (Lipinski definition) is 5. The molecular formula is C20H29NO5. The summed E-state index contributed by atoms with van der Waals surface area (Å²) in [5.41, 5.74) is 1.03. The number of carbonyl (C=O) groups is 2. The molecule has 6 heteroatoms. The fourth-order valence-corrected chi connectivity index (χ4v) is 3.10. The van der Waals surface area contributed by atoms with Crippen LogP contribution in [0.2, 0.25) is 0 Å². The zero-order valence-electron chi connectivity index (χ0n) is 15.9. The van der Waals surface area contributed by atoms with E-state index < -0.39 is 12.1 Å². The topological polar surface area (TPSA) is 73.9 Å². The number of methoxy groups -OCH3 is 1. The predicted octanol–water partition coefficient (Wildman–Crippen LogP) is 3.01. The summed E-state index contributed by atoms with van der Waals surface area (Å²) in [6.45, 7) is 3.88. The maximum absolute atomic E-state index is 12.1. The van der Waals surface area contributed by atoms with Gasteiger partial charge in [0.2, 0.25) is 0 Å². The Morgan fingerprint density at radius 3 is 2.62 bits per heavy atom. The molecule has 1 aliphatic carbocycles. The van der Waals surface area contributed by atoms with Gasteiger partial charge in [-0.25, -0.2) is 4.79 Å².